The maximum atomic E-state index is 13.4. The molecule has 7 nitrogen and oxygen atoms in total. The molecule has 3 heterocycles. The lowest BCUT2D eigenvalue weighted by atomic mass is 10.0. The number of nitrogens with zero attached hydrogens (tertiary/aromatic N) is 4. The van der Waals surface area contributed by atoms with Gasteiger partial charge in [-0.05, 0) is 23.8 Å². The molecule has 0 N–H and O–H groups in total. The molecule has 1 aliphatic rings. The molecule has 0 atom stereocenters. The second-order valence-corrected chi connectivity index (χ2v) is 8.08. The Morgan fingerprint density at radius 2 is 1.70 bits per heavy atom. The van der Waals surface area contributed by atoms with Gasteiger partial charge in [-0.25, -0.2) is 27.5 Å². The van der Waals surface area contributed by atoms with E-state index < -0.39 is 15.7 Å². The number of hydrogen-bond acceptors (Lipinski definition) is 5. The van der Waals surface area contributed by atoms with Gasteiger partial charge < -0.3 is 0 Å². The first-order valence-electron chi connectivity index (χ1n) is 8.14. The molecule has 138 valence electrons. The molecular weight excluding hydrogens is 371 g/mol. The largest absolute Gasteiger partial charge is 0.276 e. The van der Waals surface area contributed by atoms with Crippen LogP contribution in [0.5, 0.6) is 0 Å². The third-order valence-corrected chi connectivity index (χ3v) is 5.16. The van der Waals surface area contributed by atoms with Crippen molar-refractivity contribution in [2.45, 2.75) is 18.2 Å². The van der Waals surface area contributed by atoms with Gasteiger partial charge in [0, 0.05) is 12.5 Å². The lowest BCUT2D eigenvalue weighted by Crippen LogP contribution is -2.25. The molecule has 0 amide bonds. The van der Waals surface area contributed by atoms with Gasteiger partial charge in [0.15, 0.2) is 0 Å². The van der Waals surface area contributed by atoms with Crippen molar-refractivity contribution in [3.8, 4) is 22.5 Å². The van der Waals surface area contributed by atoms with Crippen LogP contribution in [0, 0.1) is 5.82 Å². The molecule has 0 saturated heterocycles. The molecule has 0 unspecified atom stereocenters. The van der Waals surface area contributed by atoms with Gasteiger partial charge in [-0.3, -0.25) is 9.48 Å². The highest BCUT2D eigenvalue weighted by Crippen LogP contribution is 2.30. The zero-order valence-corrected chi connectivity index (χ0v) is 15.1. The van der Waals surface area contributed by atoms with Gasteiger partial charge in [0.05, 0.1) is 30.0 Å². The van der Waals surface area contributed by atoms with E-state index in [-0.39, 0.29) is 10.7 Å². The highest BCUT2D eigenvalue weighted by molar-refractivity contribution is 7.90. The molecule has 4 rings (SSSR count). The van der Waals surface area contributed by atoms with E-state index in [0.29, 0.717) is 35.6 Å². The number of rotatable bonds is 3. The summed E-state index contributed by atoms with van der Waals surface area (Å²) in [6.07, 6.45) is 6.16. The summed E-state index contributed by atoms with van der Waals surface area (Å²) in [5.41, 5.74) is 1.42. The molecule has 2 aromatic heterocycles. The normalized spacial score (nSPS) is 13.6. The van der Waals surface area contributed by atoms with Gasteiger partial charge in [-0.2, -0.15) is 0 Å². The van der Waals surface area contributed by atoms with E-state index >= 15 is 0 Å². The van der Waals surface area contributed by atoms with E-state index in [4.69, 9.17) is 0 Å². The molecule has 3 aromatic rings. The highest BCUT2D eigenvalue weighted by Gasteiger charge is 2.25. The Kier molecular flexibility index (Phi) is 4.03. The van der Waals surface area contributed by atoms with E-state index in [9.17, 15) is 17.6 Å². The Labute approximate surface area is 154 Å². The monoisotopic (exact) mass is 386 g/mol. The van der Waals surface area contributed by atoms with Crippen LogP contribution in [-0.2, 0) is 22.9 Å². The molecule has 0 fully saturated rings. The van der Waals surface area contributed by atoms with Crippen molar-refractivity contribution in [2.75, 3.05) is 6.26 Å². The van der Waals surface area contributed by atoms with Crippen molar-refractivity contribution >= 4 is 9.84 Å². The zero-order valence-electron chi connectivity index (χ0n) is 14.3. The first-order chi connectivity index (χ1) is 12.9. The zero-order chi connectivity index (χ0) is 19.2. The summed E-state index contributed by atoms with van der Waals surface area (Å²) in [6.45, 7) is 0.820. The Bertz CT molecular complexity index is 1220. The van der Waals surface area contributed by atoms with E-state index in [1.807, 2.05) is 12.2 Å². The van der Waals surface area contributed by atoms with Crippen LogP contribution >= 0.6 is 0 Å². The van der Waals surface area contributed by atoms with Gasteiger partial charge in [0.2, 0.25) is 15.0 Å². The molecular formula is C18H15FN4O3S. The van der Waals surface area contributed by atoms with E-state index in [0.717, 1.165) is 6.26 Å². The molecule has 0 radical (unpaired) electrons. The molecule has 27 heavy (non-hydrogen) atoms. The van der Waals surface area contributed by atoms with Crippen molar-refractivity contribution in [3.63, 3.8) is 0 Å². The molecule has 0 aliphatic carbocycles. The number of sulfone groups is 1. The molecule has 1 aliphatic heterocycles. The third kappa shape index (κ3) is 2.99. The fourth-order valence-corrected chi connectivity index (χ4v) is 3.61. The Hall–Kier alpha value is -3.07. The minimum absolute atomic E-state index is 0.250. The summed E-state index contributed by atoms with van der Waals surface area (Å²) in [7, 11) is -3.61. The van der Waals surface area contributed by atoms with E-state index in [1.54, 1.807) is 15.4 Å². The average molecular weight is 386 g/mol. The topological polar surface area (TPSA) is 86.9 Å². The number of benzene rings is 1. The second kappa shape index (κ2) is 6.27. The van der Waals surface area contributed by atoms with Gasteiger partial charge >= 0.3 is 0 Å². The Balaban J connectivity index is 2.03. The Morgan fingerprint density at radius 3 is 2.37 bits per heavy atom. The van der Waals surface area contributed by atoms with Crippen molar-refractivity contribution in [3.05, 3.63) is 64.9 Å². The molecule has 9 heteroatoms. The molecule has 0 bridgehead atoms. The van der Waals surface area contributed by atoms with Crippen molar-refractivity contribution in [2.24, 2.45) is 0 Å². The third-order valence-electron chi connectivity index (χ3n) is 4.30. The van der Waals surface area contributed by atoms with Gasteiger partial charge in [0.25, 0.3) is 5.56 Å². The predicted octanol–water partition coefficient (Wildman–Crippen LogP) is 1.89. The summed E-state index contributed by atoms with van der Waals surface area (Å²) < 4.78 is 40.4. The highest BCUT2D eigenvalue weighted by atomic mass is 32.2. The lowest BCUT2D eigenvalue weighted by molar-refractivity contribution is 0.497. The second-order valence-electron chi connectivity index (χ2n) is 6.17. The van der Waals surface area contributed by atoms with Crippen LogP contribution in [0.4, 0.5) is 4.39 Å². The smallest absolute Gasteiger partial charge is 0.275 e. The fourth-order valence-electron chi connectivity index (χ4n) is 3.10. The molecule has 0 saturated carbocycles. The number of aromatic nitrogens is 4. The summed E-state index contributed by atoms with van der Waals surface area (Å²) in [6, 6.07) is 7.16. The average Bonchev–Trinajstić information content (AvgIpc) is 2.95. The van der Waals surface area contributed by atoms with E-state index in [2.05, 4.69) is 9.97 Å². The summed E-state index contributed by atoms with van der Waals surface area (Å²) in [5.74, 6) is -0.410. The molecule has 1 aromatic carbocycles. The van der Waals surface area contributed by atoms with Crippen LogP contribution in [0.3, 0.4) is 0 Å². The predicted molar refractivity (Wildman–Crippen MR) is 97.4 cm³/mol. The van der Waals surface area contributed by atoms with Crippen molar-refractivity contribution < 1.29 is 12.8 Å². The van der Waals surface area contributed by atoms with Crippen LogP contribution in [0.2, 0.25) is 0 Å². The van der Waals surface area contributed by atoms with Gasteiger partial charge in [0.1, 0.15) is 5.82 Å². The number of halogens is 1. The van der Waals surface area contributed by atoms with Gasteiger partial charge in [-0.1, -0.05) is 24.3 Å². The van der Waals surface area contributed by atoms with Crippen molar-refractivity contribution in [1.82, 2.24) is 19.3 Å². The van der Waals surface area contributed by atoms with Crippen LogP contribution < -0.4 is 5.56 Å². The number of allylic oxidation sites excluding steroid dienone is 2. The standard InChI is InChI=1S/C18H15FN4O3S/c1-27(25,26)18-20-9-8-14(21-18)16-15(12-4-6-13(19)7-5-12)17(24)23-11-3-2-10-22(16)23/h2-9H,10-11H2,1H3. The first-order valence-corrected chi connectivity index (χ1v) is 10.0. The van der Waals surface area contributed by atoms with Crippen LogP contribution in [0.15, 0.2) is 58.6 Å². The van der Waals surface area contributed by atoms with Gasteiger partial charge in [-0.15, -0.1) is 0 Å². The number of fused-ring (bicyclic) bond motifs is 1. The van der Waals surface area contributed by atoms with Crippen molar-refractivity contribution in [1.29, 1.82) is 0 Å². The minimum Gasteiger partial charge on any atom is -0.276 e. The van der Waals surface area contributed by atoms with Crippen LogP contribution in [0.1, 0.15) is 0 Å². The quantitative estimate of drug-likeness (QED) is 0.507. The SMILES string of the molecule is CS(=O)(=O)c1nccc(-c2c(-c3ccc(F)cc3)c(=O)n3n2CC=CC3)n1. The lowest BCUT2D eigenvalue weighted by Gasteiger charge is -2.15. The van der Waals surface area contributed by atoms with Crippen LogP contribution in [-0.4, -0.2) is 34.0 Å². The molecule has 0 spiro atoms. The maximum Gasteiger partial charge on any atom is 0.275 e. The maximum absolute atomic E-state index is 13.4. The summed E-state index contributed by atoms with van der Waals surface area (Å²) in [5, 5.41) is -0.315. The number of hydrogen-bond donors (Lipinski definition) is 0. The fraction of sp³-hybridized carbons (Fsp3) is 0.167. The summed E-state index contributed by atoms with van der Waals surface area (Å²) >= 11 is 0. The first kappa shape index (κ1) is 17.3. The van der Waals surface area contributed by atoms with Crippen LogP contribution in [0.25, 0.3) is 22.5 Å². The Morgan fingerprint density at radius 1 is 1.04 bits per heavy atom. The van der Waals surface area contributed by atoms with E-state index in [1.165, 1.54) is 30.5 Å². The minimum atomic E-state index is -3.61. The summed E-state index contributed by atoms with van der Waals surface area (Å²) in [4.78, 5) is 21.0.